The topological polar surface area (TPSA) is 36.1 Å². The van der Waals surface area contributed by atoms with Crippen LogP contribution in [-0.4, -0.2) is 23.4 Å². The monoisotopic (exact) mass is 694 g/mol. The van der Waals surface area contributed by atoms with E-state index in [1.807, 2.05) is 0 Å². The molecule has 6 nitrogen and oxygen atoms in total. The van der Waals surface area contributed by atoms with Gasteiger partial charge in [0.2, 0.25) is 11.4 Å². The Morgan fingerprint density at radius 2 is 0.976 bits per heavy atom. The highest BCUT2D eigenvalue weighted by molar-refractivity contribution is 6.09. The number of rotatable bonds is 9. The minimum atomic E-state index is 0. The minimum absolute atomic E-state index is 0. The smallest absolute Gasteiger partial charge is 0.202 e. The number of hydrogen-bond acceptors (Lipinski definition) is 2. The first-order valence-electron chi connectivity index (χ1n) is 14.3. The number of halogens is 2. The van der Waals surface area contributed by atoms with E-state index in [1.165, 1.54) is 80.7 Å². The van der Waals surface area contributed by atoms with Gasteiger partial charge in [-0.1, -0.05) is 0 Å². The number of fused-ring (bicyclic) bond motifs is 6. The van der Waals surface area contributed by atoms with Crippen LogP contribution in [0.3, 0.4) is 0 Å². The molecule has 4 aromatic heterocycles. The molecule has 0 spiro atoms. The molecule has 0 radical (unpaired) electrons. The van der Waals surface area contributed by atoms with E-state index in [2.05, 4.69) is 107 Å². The number of nitrogens with zero attached hydrogens (tertiary/aromatic N) is 4. The first-order chi connectivity index (χ1) is 19.4. The van der Waals surface area contributed by atoms with Gasteiger partial charge in [0.1, 0.15) is 35.6 Å². The maximum atomic E-state index is 5.47. The van der Waals surface area contributed by atoms with Crippen LogP contribution in [0.5, 0.6) is 11.5 Å². The lowest BCUT2D eigenvalue weighted by atomic mass is 10.1. The molecule has 0 N–H and O–H groups in total. The summed E-state index contributed by atoms with van der Waals surface area (Å²) in [5, 5.41) is 5.18. The molecular formula is C34H40Br2N4O2. The maximum Gasteiger partial charge on any atom is 0.202 e. The first kappa shape index (κ1) is 31.8. The van der Waals surface area contributed by atoms with Crippen molar-refractivity contribution in [1.29, 1.82) is 0 Å². The van der Waals surface area contributed by atoms with Crippen molar-refractivity contribution in [2.45, 2.75) is 52.6 Å². The lowest BCUT2D eigenvalue weighted by Crippen LogP contribution is -3.00. The first-order valence-corrected chi connectivity index (χ1v) is 14.3. The van der Waals surface area contributed by atoms with Crippen LogP contribution >= 0.6 is 0 Å². The van der Waals surface area contributed by atoms with Crippen LogP contribution in [0.25, 0.3) is 43.6 Å². The van der Waals surface area contributed by atoms with Crippen LogP contribution in [0.4, 0.5) is 0 Å². The summed E-state index contributed by atoms with van der Waals surface area (Å²) in [4.78, 5) is 0. The highest BCUT2D eigenvalue weighted by atomic mass is 79.9. The molecule has 0 atom stereocenters. The van der Waals surface area contributed by atoms with E-state index in [9.17, 15) is 0 Å². The summed E-state index contributed by atoms with van der Waals surface area (Å²) >= 11 is 0. The van der Waals surface area contributed by atoms with Crippen molar-refractivity contribution in [1.82, 2.24) is 9.13 Å². The summed E-state index contributed by atoms with van der Waals surface area (Å²) < 4.78 is 20.4. The fourth-order valence-electron chi connectivity index (χ4n) is 6.58. The van der Waals surface area contributed by atoms with Crippen LogP contribution in [0.2, 0.25) is 0 Å². The second-order valence-corrected chi connectivity index (χ2v) is 11.0. The van der Waals surface area contributed by atoms with E-state index in [4.69, 9.17) is 9.47 Å². The number of aryl methyl sites for hydroxylation is 6. The summed E-state index contributed by atoms with van der Waals surface area (Å²) in [7, 11) is 7.77. The van der Waals surface area contributed by atoms with Gasteiger partial charge in [-0.05, 0) is 37.1 Å². The van der Waals surface area contributed by atoms with Gasteiger partial charge in [0.25, 0.3) is 0 Å². The predicted octanol–water partition coefficient (Wildman–Crippen LogP) is 0.454. The molecule has 0 aliphatic heterocycles. The van der Waals surface area contributed by atoms with Crippen molar-refractivity contribution in [3.05, 3.63) is 72.3 Å². The van der Waals surface area contributed by atoms with Gasteiger partial charge in [-0.3, -0.25) is 0 Å². The summed E-state index contributed by atoms with van der Waals surface area (Å²) in [5.41, 5.74) is 7.68. The van der Waals surface area contributed by atoms with E-state index in [-0.39, 0.29) is 34.0 Å². The lowest BCUT2D eigenvalue weighted by molar-refractivity contribution is -0.703. The molecule has 0 saturated carbocycles. The fourth-order valence-corrected chi connectivity index (χ4v) is 6.58. The Balaban J connectivity index is 0.00000202. The van der Waals surface area contributed by atoms with E-state index >= 15 is 0 Å². The van der Waals surface area contributed by atoms with Crippen LogP contribution in [0, 0.1) is 13.8 Å². The zero-order valence-corrected chi connectivity index (χ0v) is 28.5. The SMILES string of the molecule is COc1ccc2c3cc[n+](CCCCCC[n+]4ccc5c6ccc(OC)cc6n(C)c5c4C)c(C)c3n(C)c2c1.[Br-].[Br-]. The average Bonchev–Trinajstić information content (AvgIpc) is 3.43. The van der Waals surface area contributed by atoms with Crippen molar-refractivity contribution >= 4 is 43.6 Å². The second-order valence-electron chi connectivity index (χ2n) is 11.0. The highest BCUT2D eigenvalue weighted by Gasteiger charge is 2.19. The van der Waals surface area contributed by atoms with Crippen LogP contribution in [-0.2, 0) is 27.2 Å². The molecule has 2 aromatic carbocycles. The number of hydrogen-bond donors (Lipinski definition) is 0. The Kier molecular flexibility index (Phi) is 9.88. The quantitative estimate of drug-likeness (QED) is 0.163. The number of pyridine rings is 2. The van der Waals surface area contributed by atoms with E-state index in [0.717, 1.165) is 24.6 Å². The van der Waals surface area contributed by atoms with E-state index < -0.39 is 0 Å². The number of unbranched alkanes of at least 4 members (excludes halogenated alkanes) is 3. The van der Waals surface area contributed by atoms with Gasteiger partial charge < -0.3 is 52.6 Å². The molecule has 0 aliphatic carbocycles. The number of aromatic nitrogens is 4. The van der Waals surface area contributed by atoms with Crippen LogP contribution < -0.4 is 52.6 Å². The van der Waals surface area contributed by atoms with Gasteiger partial charge >= 0.3 is 0 Å². The average molecular weight is 697 g/mol. The Labute approximate surface area is 269 Å². The van der Waals surface area contributed by atoms with Crippen molar-refractivity contribution < 1.29 is 52.6 Å². The molecule has 0 saturated heterocycles. The van der Waals surface area contributed by atoms with Crippen molar-refractivity contribution in [2.75, 3.05) is 14.2 Å². The normalized spacial score (nSPS) is 11.3. The standard InChI is InChI=1S/C34H40N4O2.2BrH/c1-23-33-29(27-13-11-25(39-5)21-31(27)35(33)3)15-19-37(23)17-9-7-8-10-18-38-20-16-30-28-14-12-26(40-6)22-32(28)36(4)34(30)24(38)2;;/h11-16,19-22H,7-10,17-18H2,1-6H3;2*1H/q+2;;/p-2. The third-order valence-electron chi connectivity index (χ3n) is 8.83. The van der Waals surface area contributed by atoms with Gasteiger partial charge in [-0.2, -0.15) is 0 Å². The third kappa shape index (κ3) is 5.39. The van der Waals surface area contributed by atoms with Gasteiger partial charge in [0.15, 0.2) is 12.4 Å². The van der Waals surface area contributed by atoms with Gasteiger partial charge in [-0.15, -0.1) is 0 Å². The zero-order chi connectivity index (χ0) is 28.0. The molecule has 0 aliphatic rings. The van der Waals surface area contributed by atoms with Gasteiger partial charge in [0.05, 0.1) is 25.3 Å². The van der Waals surface area contributed by atoms with Gasteiger partial charge in [-0.25, -0.2) is 9.13 Å². The zero-order valence-electron chi connectivity index (χ0n) is 25.4. The van der Waals surface area contributed by atoms with Crippen molar-refractivity contribution in [3.8, 4) is 11.5 Å². The summed E-state index contributed by atoms with van der Waals surface area (Å²) in [6.07, 6.45) is 9.34. The number of ether oxygens (including phenoxy) is 2. The van der Waals surface area contributed by atoms with Crippen molar-refractivity contribution in [2.24, 2.45) is 14.1 Å². The molecule has 0 unspecified atom stereocenters. The molecule has 0 fully saturated rings. The van der Waals surface area contributed by atoms with E-state index in [0.29, 0.717) is 0 Å². The molecule has 0 bridgehead atoms. The minimum Gasteiger partial charge on any atom is -1.00 e. The molecule has 6 aromatic rings. The lowest BCUT2D eigenvalue weighted by Gasteiger charge is -2.05. The van der Waals surface area contributed by atoms with Crippen LogP contribution in [0.1, 0.15) is 37.1 Å². The third-order valence-corrected chi connectivity index (χ3v) is 8.83. The molecule has 6 rings (SSSR count). The molecule has 4 heterocycles. The summed E-state index contributed by atoms with van der Waals surface area (Å²) in [6, 6.07) is 17.3. The second kappa shape index (κ2) is 13.0. The van der Waals surface area contributed by atoms with E-state index in [1.54, 1.807) is 14.2 Å². The number of methoxy groups -OCH3 is 2. The molecule has 8 heteroatoms. The maximum absolute atomic E-state index is 5.47. The molecular weight excluding hydrogens is 656 g/mol. The number of benzene rings is 2. The Hall–Kier alpha value is -3.10. The molecule has 0 amide bonds. The Bertz CT molecular complexity index is 1750. The predicted molar refractivity (Wildman–Crippen MR) is 162 cm³/mol. The van der Waals surface area contributed by atoms with Gasteiger partial charge in [0, 0.05) is 86.6 Å². The summed E-state index contributed by atoms with van der Waals surface area (Å²) in [5.74, 6) is 1.80. The Morgan fingerprint density at radius 3 is 1.36 bits per heavy atom. The highest BCUT2D eigenvalue weighted by Crippen LogP contribution is 2.32. The van der Waals surface area contributed by atoms with Crippen LogP contribution in [0.15, 0.2) is 60.9 Å². The van der Waals surface area contributed by atoms with Crippen molar-refractivity contribution in [3.63, 3.8) is 0 Å². The fraction of sp³-hybridized carbons (Fsp3) is 0.353. The molecule has 222 valence electrons. The Morgan fingerprint density at radius 1 is 0.571 bits per heavy atom. The molecule has 42 heavy (non-hydrogen) atoms. The summed E-state index contributed by atoms with van der Waals surface area (Å²) in [6.45, 7) is 6.59. The largest absolute Gasteiger partial charge is 1.00 e.